The Kier molecular flexibility index (Phi) is 4.12. The first-order valence-corrected chi connectivity index (χ1v) is 8.23. The number of carbonyl (C=O) groups excluding carboxylic acids is 2. The number of nitrogens with two attached hydrogens (primary N) is 2. The second-order valence-corrected chi connectivity index (χ2v) is 7.23. The van der Waals surface area contributed by atoms with Crippen LogP contribution in [-0.2, 0) is 6.42 Å². The predicted molar refractivity (Wildman–Crippen MR) is 95.9 cm³/mol. The second-order valence-electron chi connectivity index (χ2n) is 7.23. The SMILES string of the molecule is Cc1nn(-c2ccc(C(N)=O)c(NCN)c2)c2c1C(=O)CC(C)(C)C2. The summed E-state index contributed by atoms with van der Waals surface area (Å²) < 4.78 is 1.79. The van der Waals surface area contributed by atoms with E-state index in [1.807, 2.05) is 6.92 Å². The minimum absolute atomic E-state index is 0.111. The van der Waals surface area contributed by atoms with Crippen molar-refractivity contribution >= 4 is 17.4 Å². The number of hydrogen-bond donors (Lipinski definition) is 3. The standard InChI is InChI=1S/C18H23N5O2/c1-10-16-14(7-18(2,3)8-15(16)24)23(22-10)11-4-5-12(17(20)25)13(6-11)21-9-19/h4-6,21H,7-9,19H2,1-3H3,(H2,20,25). The summed E-state index contributed by atoms with van der Waals surface area (Å²) in [5.41, 5.74) is 14.9. The molecule has 7 heteroatoms. The van der Waals surface area contributed by atoms with E-state index in [-0.39, 0.29) is 17.9 Å². The molecule has 5 N–H and O–H groups in total. The topological polar surface area (TPSA) is 116 Å². The Morgan fingerprint density at radius 2 is 2.08 bits per heavy atom. The van der Waals surface area contributed by atoms with Crippen LogP contribution in [0.2, 0.25) is 0 Å². The van der Waals surface area contributed by atoms with E-state index in [1.165, 1.54) is 0 Å². The molecule has 0 unspecified atom stereocenters. The van der Waals surface area contributed by atoms with Crippen LogP contribution in [0.1, 0.15) is 52.4 Å². The van der Waals surface area contributed by atoms with Gasteiger partial charge in [-0.3, -0.25) is 9.59 Å². The van der Waals surface area contributed by atoms with E-state index >= 15 is 0 Å². The quantitative estimate of drug-likeness (QED) is 0.733. The van der Waals surface area contributed by atoms with E-state index in [1.54, 1.807) is 22.9 Å². The molecule has 132 valence electrons. The smallest absolute Gasteiger partial charge is 0.250 e. The van der Waals surface area contributed by atoms with Gasteiger partial charge in [-0.15, -0.1) is 0 Å². The van der Waals surface area contributed by atoms with Crippen LogP contribution in [0.25, 0.3) is 5.69 Å². The molecular weight excluding hydrogens is 318 g/mol. The number of rotatable bonds is 4. The van der Waals surface area contributed by atoms with Gasteiger partial charge in [0, 0.05) is 6.42 Å². The number of nitrogens with one attached hydrogen (secondary N) is 1. The summed E-state index contributed by atoms with van der Waals surface area (Å²) in [5.74, 6) is -0.401. The lowest BCUT2D eigenvalue weighted by Crippen LogP contribution is -2.28. The Morgan fingerprint density at radius 1 is 1.36 bits per heavy atom. The first-order chi connectivity index (χ1) is 11.7. The molecular formula is C18H23N5O2. The van der Waals surface area contributed by atoms with Crippen molar-refractivity contribution in [2.24, 2.45) is 16.9 Å². The third-order valence-corrected chi connectivity index (χ3v) is 4.53. The fourth-order valence-corrected chi connectivity index (χ4v) is 3.49. The van der Waals surface area contributed by atoms with Crippen LogP contribution in [0.3, 0.4) is 0 Å². The van der Waals surface area contributed by atoms with Crippen LogP contribution in [0.5, 0.6) is 0 Å². The van der Waals surface area contributed by atoms with Crippen molar-refractivity contribution in [1.82, 2.24) is 9.78 Å². The molecule has 25 heavy (non-hydrogen) atoms. The largest absolute Gasteiger partial charge is 0.372 e. The van der Waals surface area contributed by atoms with Gasteiger partial charge in [0.15, 0.2) is 5.78 Å². The highest BCUT2D eigenvalue weighted by Crippen LogP contribution is 2.37. The number of aryl methyl sites for hydroxylation is 1. The van der Waals surface area contributed by atoms with Crippen LogP contribution in [-0.4, -0.2) is 28.1 Å². The van der Waals surface area contributed by atoms with Gasteiger partial charge in [-0.2, -0.15) is 5.10 Å². The normalized spacial score (nSPS) is 15.8. The summed E-state index contributed by atoms with van der Waals surface area (Å²) in [6.07, 6.45) is 1.28. The zero-order chi connectivity index (χ0) is 18.4. The molecule has 2 aromatic rings. The zero-order valence-electron chi connectivity index (χ0n) is 14.7. The van der Waals surface area contributed by atoms with Crippen LogP contribution in [0.15, 0.2) is 18.2 Å². The second kappa shape index (κ2) is 6.00. The number of hydrogen-bond acceptors (Lipinski definition) is 5. The summed E-state index contributed by atoms with van der Waals surface area (Å²) in [7, 11) is 0. The van der Waals surface area contributed by atoms with E-state index in [0.29, 0.717) is 23.2 Å². The zero-order valence-corrected chi connectivity index (χ0v) is 14.7. The number of fused-ring (bicyclic) bond motifs is 1. The number of primary amides is 1. The number of Topliss-reactive ketones (excluding diaryl/α,β-unsaturated/α-hetero) is 1. The van der Waals surface area contributed by atoms with E-state index < -0.39 is 5.91 Å². The summed E-state index contributed by atoms with van der Waals surface area (Å²) in [6, 6.07) is 5.21. The predicted octanol–water partition coefficient (Wildman–Crippen LogP) is 1.76. The number of anilines is 1. The van der Waals surface area contributed by atoms with E-state index in [2.05, 4.69) is 24.3 Å². The summed E-state index contributed by atoms with van der Waals surface area (Å²) in [4.78, 5) is 24.1. The van der Waals surface area contributed by atoms with Crippen molar-refractivity contribution in [3.05, 3.63) is 40.7 Å². The van der Waals surface area contributed by atoms with Gasteiger partial charge in [-0.1, -0.05) is 13.8 Å². The fraction of sp³-hybridized carbons (Fsp3) is 0.389. The van der Waals surface area contributed by atoms with Gasteiger partial charge in [0.1, 0.15) is 0 Å². The van der Waals surface area contributed by atoms with Crippen molar-refractivity contribution in [3.63, 3.8) is 0 Å². The fourth-order valence-electron chi connectivity index (χ4n) is 3.49. The molecule has 1 aliphatic carbocycles. The molecule has 0 radical (unpaired) electrons. The maximum atomic E-state index is 12.5. The van der Waals surface area contributed by atoms with Crippen LogP contribution < -0.4 is 16.8 Å². The van der Waals surface area contributed by atoms with Crippen molar-refractivity contribution in [1.29, 1.82) is 0 Å². The third kappa shape index (κ3) is 3.02. The van der Waals surface area contributed by atoms with Gasteiger partial charge >= 0.3 is 0 Å². The van der Waals surface area contributed by atoms with Crippen LogP contribution >= 0.6 is 0 Å². The minimum Gasteiger partial charge on any atom is -0.372 e. The third-order valence-electron chi connectivity index (χ3n) is 4.53. The molecule has 1 aromatic carbocycles. The average molecular weight is 341 g/mol. The number of carbonyl (C=O) groups is 2. The Labute approximate surface area is 146 Å². The molecule has 7 nitrogen and oxygen atoms in total. The molecule has 0 saturated carbocycles. The minimum atomic E-state index is -0.530. The first-order valence-electron chi connectivity index (χ1n) is 8.23. The molecule has 1 aromatic heterocycles. The van der Waals surface area contributed by atoms with E-state index in [9.17, 15) is 9.59 Å². The van der Waals surface area contributed by atoms with Crippen molar-refractivity contribution in [3.8, 4) is 5.69 Å². The average Bonchev–Trinajstić information content (AvgIpc) is 2.82. The Balaban J connectivity index is 2.15. The lowest BCUT2D eigenvalue weighted by atomic mass is 9.75. The molecule has 1 heterocycles. The van der Waals surface area contributed by atoms with Gasteiger partial charge in [-0.25, -0.2) is 4.68 Å². The molecule has 0 aliphatic heterocycles. The highest BCUT2D eigenvalue weighted by molar-refractivity contribution is 6.00. The number of benzene rings is 1. The number of nitrogens with zero attached hydrogens (tertiary/aromatic N) is 2. The van der Waals surface area contributed by atoms with Gasteiger partial charge in [0.05, 0.1) is 40.6 Å². The summed E-state index contributed by atoms with van der Waals surface area (Å²) in [5, 5.41) is 7.52. The van der Waals surface area contributed by atoms with Crippen LogP contribution in [0, 0.1) is 12.3 Å². The van der Waals surface area contributed by atoms with Crippen molar-refractivity contribution in [2.75, 3.05) is 12.0 Å². The number of ketones is 1. The van der Waals surface area contributed by atoms with Gasteiger partial charge in [0.2, 0.25) is 0 Å². The molecule has 1 aliphatic rings. The molecule has 0 bridgehead atoms. The van der Waals surface area contributed by atoms with Crippen molar-refractivity contribution < 1.29 is 9.59 Å². The number of aromatic nitrogens is 2. The maximum absolute atomic E-state index is 12.5. The lowest BCUT2D eigenvalue weighted by Gasteiger charge is -2.29. The lowest BCUT2D eigenvalue weighted by molar-refractivity contribution is 0.0909. The molecule has 0 fully saturated rings. The Hall–Kier alpha value is -2.67. The first kappa shape index (κ1) is 17.2. The highest BCUT2D eigenvalue weighted by Gasteiger charge is 2.35. The Morgan fingerprint density at radius 3 is 2.72 bits per heavy atom. The monoisotopic (exact) mass is 341 g/mol. The van der Waals surface area contributed by atoms with Crippen molar-refractivity contribution in [2.45, 2.75) is 33.6 Å². The van der Waals surface area contributed by atoms with Gasteiger partial charge in [-0.05, 0) is 37.0 Å². The summed E-state index contributed by atoms with van der Waals surface area (Å²) in [6.45, 7) is 6.18. The molecule has 1 amide bonds. The summed E-state index contributed by atoms with van der Waals surface area (Å²) >= 11 is 0. The van der Waals surface area contributed by atoms with Crippen LogP contribution in [0.4, 0.5) is 5.69 Å². The molecule has 0 spiro atoms. The van der Waals surface area contributed by atoms with E-state index in [0.717, 1.165) is 23.5 Å². The van der Waals surface area contributed by atoms with Gasteiger partial charge < -0.3 is 16.8 Å². The highest BCUT2D eigenvalue weighted by atomic mass is 16.1. The van der Waals surface area contributed by atoms with E-state index in [4.69, 9.17) is 11.5 Å². The van der Waals surface area contributed by atoms with Gasteiger partial charge in [0.25, 0.3) is 5.91 Å². The molecule has 0 saturated heterocycles. The molecule has 0 atom stereocenters. The Bertz CT molecular complexity index is 867. The number of amides is 1. The molecule has 3 rings (SSSR count). The maximum Gasteiger partial charge on any atom is 0.250 e.